The first-order valence-corrected chi connectivity index (χ1v) is 10.3. The van der Waals surface area contributed by atoms with Gasteiger partial charge < -0.3 is 4.90 Å². The maximum absolute atomic E-state index is 6.35. The van der Waals surface area contributed by atoms with Crippen LogP contribution in [-0.4, -0.2) is 16.5 Å². The van der Waals surface area contributed by atoms with Crippen molar-refractivity contribution in [3.8, 4) is 0 Å². The molecule has 1 atom stereocenters. The lowest BCUT2D eigenvalue weighted by Gasteiger charge is -2.37. The topological polar surface area (TPSA) is 29.0 Å². The van der Waals surface area contributed by atoms with E-state index in [9.17, 15) is 0 Å². The second kappa shape index (κ2) is 8.91. The van der Waals surface area contributed by atoms with E-state index in [1.54, 1.807) is 0 Å². The highest BCUT2D eigenvalue weighted by Gasteiger charge is 2.27. The van der Waals surface area contributed by atoms with Gasteiger partial charge in [-0.15, -0.1) is 12.4 Å². The summed E-state index contributed by atoms with van der Waals surface area (Å²) in [5.74, 6) is 1.82. The lowest BCUT2D eigenvalue weighted by molar-refractivity contribution is 0.612. The smallest absolute Gasteiger partial charge is 0.136 e. The lowest BCUT2D eigenvalue weighted by atomic mass is 9.93. The molecule has 2 heterocycles. The molecule has 29 heavy (non-hydrogen) atoms. The van der Waals surface area contributed by atoms with Gasteiger partial charge in [0, 0.05) is 34.3 Å². The molecule has 2 aromatic carbocycles. The molecule has 6 heteroatoms. The van der Waals surface area contributed by atoms with Crippen LogP contribution < -0.4 is 4.90 Å². The average Bonchev–Trinajstić information content (AvgIpc) is 2.67. The molecule has 152 valence electrons. The van der Waals surface area contributed by atoms with Crippen molar-refractivity contribution in [3.63, 3.8) is 0 Å². The largest absolute Gasteiger partial charge is 0.349 e. The van der Waals surface area contributed by atoms with E-state index in [1.165, 1.54) is 11.1 Å². The molecule has 1 unspecified atom stereocenters. The molecule has 0 saturated heterocycles. The van der Waals surface area contributed by atoms with Gasteiger partial charge in [-0.05, 0) is 62.1 Å². The first kappa shape index (κ1) is 21.9. The number of nitrogens with zero attached hydrogens (tertiary/aromatic N) is 3. The minimum absolute atomic E-state index is 0. The molecule has 3 aromatic rings. The van der Waals surface area contributed by atoms with Gasteiger partial charge in [0.1, 0.15) is 11.6 Å². The van der Waals surface area contributed by atoms with E-state index in [1.807, 2.05) is 30.3 Å². The highest BCUT2D eigenvalue weighted by atomic mass is 35.5. The Balaban J connectivity index is 0.00000240. The number of aromatic nitrogens is 2. The van der Waals surface area contributed by atoms with Crippen molar-refractivity contribution in [3.05, 3.63) is 86.3 Å². The van der Waals surface area contributed by atoms with Crippen molar-refractivity contribution in [2.24, 2.45) is 0 Å². The third-order valence-corrected chi connectivity index (χ3v) is 6.24. The summed E-state index contributed by atoms with van der Waals surface area (Å²) in [5, 5.41) is 1.55. The van der Waals surface area contributed by atoms with E-state index >= 15 is 0 Å². The molecule has 1 aliphatic rings. The Morgan fingerprint density at radius 1 is 1.07 bits per heavy atom. The van der Waals surface area contributed by atoms with E-state index in [2.05, 4.69) is 37.8 Å². The Hall–Kier alpha value is -1.81. The predicted molar refractivity (Wildman–Crippen MR) is 124 cm³/mol. The molecule has 1 aromatic heterocycles. The van der Waals surface area contributed by atoms with E-state index in [0.717, 1.165) is 51.5 Å². The number of hydrogen-bond acceptors (Lipinski definition) is 3. The lowest BCUT2D eigenvalue weighted by Crippen LogP contribution is -2.35. The Morgan fingerprint density at radius 3 is 2.59 bits per heavy atom. The Labute approximate surface area is 188 Å². The summed E-state index contributed by atoms with van der Waals surface area (Å²) in [6, 6.07) is 14.3. The zero-order chi connectivity index (χ0) is 19.8. The number of benzene rings is 2. The minimum atomic E-state index is 0. The second-order valence-electron chi connectivity index (χ2n) is 7.40. The number of halogens is 3. The second-order valence-corrected chi connectivity index (χ2v) is 8.25. The fourth-order valence-corrected chi connectivity index (χ4v) is 4.33. The van der Waals surface area contributed by atoms with Gasteiger partial charge in [0.15, 0.2) is 0 Å². The third kappa shape index (κ3) is 4.37. The van der Waals surface area contributed by atoms with Crippen molar-refractivity contribution >= 4 is 41.4 Å². The number of aryl methyl sites for hydroxylation is 1. The molecule has 0 aliphatic carbocycles. The van der Waals surface area contributed by atoms with Gasteiger partial charge in [0.05, 0.1) is 6.04 Å². The Bertz CT molecular complexity index is 1040. The maximum Gasteiger partial charge on any atom is 0.136 e. The average molecular weight is 449 g/mol. The standard InChI is InChI=1S/C23H23Cl2N3.ClH/c1-14-15(2)26-22(13-18-6-4-5-7-21(18)25)27-23(14)28-11-10-17-12-19(24)8-9-20(17)16(28)3;/h4-9,12,16H,10-11,13H2,1-3H3;1H. The summed E-state index contributed by atoms with van der Waals surface area (Å²) in [6.07, 6.45) is 1.59. The first-order chi connectivity index (χ1) is 13.4. The fraction of sp³-hybridized carbons (Fsp3) is 0.304. The molecule has 0 radical (unpaired) electrons. The van der Waals surface area contributed by atoms with E-state index in [-0.39, 0.29) is 18.4 Å². The molecule has 0 fully saturated rings. The monoisotopic (exact) mass is 447 g/mol. The van der Waals surface area contributed by atoms with Crippen molar-refractivity contribution in [2.45, 2.75) is 39.7 Å². The third-order valence-electron chi connectivity index (χ3n) is 5.63. The highest BCUT2D eigenvalue weighted by molar-refractivity contribution is 6.31. The maximum atomic E-state index is 6.35. The van der Waals surface area contributed by atoms with Gasteiger partial charge in [-0.3, -0.25) is 0 Å². The quantitative estimate of drug-likeness (QED) is 0.455. The summed E-state index contributed by atoms with van der Waals surface area (Å²) >= 11 is 12.5. The highest BCUT2D eigenvalue weighted by Crippen LogP contribution is 2.35. The molecule has 0 spiro atoms. The number of rotatable bonds is 3. The van der Waals surface area contributed by atoms with Gasteiger partial charge in [0.2, 0.25) is 0 Å². The van der Waals surface area contributed by atoms with Gasteiger partial charge in [-0.1, -0.05) is 47.5 Å². The summed E-state index contributed by atoms with van der Waals surface area (Å²) in [4.78, 5) is 12.1. The molecule has 4 rings (SSSR count). The molecule has 0 amide bonds. The summed E-state index contributed by atoms with van der Waals surface area (Å²) in [7, 11) is 0. The SMILES string of the molecule is Cc1nc(Cc2ccccc2Cl)nc(N2CCc3cc(Cl)ccc3C2C)c1C.Cl. The van der Waals surface area contributed by atoms with Gasteiger partial charge >= 0.3 is 0 Å². The van der Waals surface area contributed by atoms with Crippen LogP contribution in [0.4, 0.5) is 5.82 Å². The van der Waals surface area contributed by atoms with Crippen LogP contribution in [0, 0.1) is 13.8 Å². The van der Waals surface area contributed by atoms with E-state index in [0.29, 0.717) is 6.42 Å². The number of hydrogen-bond donors (Lipinski definition) is 0. The van der Waals surface area contributed by atoms with Crippen LogP contribution >= 0.6 is 35.6 Å². The zero-order valence-electron chi connectivity index (χ0n) is 16.7. The van der Waals surface area contributed by atoms with E-state index < -0.39 is 0 Å². The molecule has 0 N–H and O–H groups in total. The van der Waals surface area contributed by atoms with Crippen molar-refractivity contribution in [2.75, 3.05) is 11.4 Å². The van der Waals surface area contributed by atoms with Crippen LogP contribution in [0.3, 0.4) is 0 Å². The van der Waals surface area contributed by atoms with Crippen LogP contribution in [0.2, 0.25) is 10.0 Å². The Morgan fingerprint density at radius 2 is 1.83 bits per heavy atom. The van der Waals surface area contributed by atoms with E-state index in [4.69, 9.17) is 33.2 Å². The Kier molecular flexibility index (Phi) is 6.72. The number of anilines is 1. The van der Waals surface area contributed by atoms with Gasteiger partial charge in [0.25, 0.3) is 0 Å². The van der Waals surface area contributed by atoms with Crippen molar-refractivity contribution < 1.29 is 0 Å². The molecule has 0 bridgehead atoms. The van der Waals surface area contributed by atoms with Crippen LogP contribution in [0.15, 0.2) is 42.5 Å². The van der Waals surface area contributed by atoms with Gasteiger partial charge in [-0.25, -0.2) is 9.97 Å². The zero-order valence-corrected chi connectivity index (χ0v) is 19.1. The fourth-order valence-electron chi connectivity index (χ4n) is 3.93. The van der Waals surface area contributed by atoms with Crippen LogP contribution in [0.25, 0.3) is 0 Å². The minimum Gasteiger partial charge on any atom is -0.349 e. The first-order valence-electron chi connectivity index (χ1n) is 9.56. The van der Waals surface area contributed by atoms with Crippen molar-refractivity contribution in [1.82, 2.24) is 9.97 Å². The normalized spacial score (nSPS) is 15.6. The summed E-state index contributed by atoms with van der Waals surface area (Å²) in [6.45, 7) is 7.31. The van der Waals surface area contributed by atoms with Crippen LogP contribution in [0.1, 0.15) is 46.7 Å². The number of fused-ring (bicyclic) bond motifs is 1. The molecule has 0 saturated carbocycles. The van der Waals surface area contributed by atoms with Crippen molar-refractivity contribution in [1.29, 1.82) is 0 Å². The molecule has 3 nitrogen and oxygen atoms in total. The van der Waals surface area contributed by atoms with Crippen LogP contribution in [0.5, 0.6) is 0 Å². The molecular formula is C23H24Cl3N3. The van der Waals surface area contributed by atoms with Gasteiger partial charge in [-0.2, -0.15) is 0 Å². The summed E-state index contributed by atoms with van der Waals surface area (Å²) in [5.41, 5.74) is 5.84. The predicted octanol–water partition coefficient (Wildman–Crippen LogP) is 6.54. The van der Waals surface area contributed by atoms with Crippen LogP contribution in [-0.2, 0) is 12.8 Å². The molecular weight excluding hydrogens is 425 g/mol. The molecule has 1 aliphatic heterocycles. The summed E-state index contributed by atoms with van der Waals surface area (Å²) < 4.78 is 0.